The molecule has 0 spiro atoms. The van der Waals surface area contributed by atoms with Crippen LogP contribution in [0, 0.1) is 11.7 Å². The molecule has 1 aromatic carbocycles. The summed E-state index contributed by atoms with van der Waals surface area (Å²) >= 11 is 0. The van der Waals surface area contributed by atoms with Crippen molar-refractivity contribution in [1.29, 1.82) is 0 Å². The summed E-state index contributed by atoms with van der Waals surface area (Å²) in [4.78, 5) is 13.6. The van der Waals surface area contributed by atoms with Gasteiger partial charge >= 0.3 is 5.97 Å². The smallest absolute Gasteiger partial charge is 0.326 e. The number of anilines is 1. The van der Waals surface area contributed by atoms with Crippen molar-refractivity contribution in [2.45, 2.75) is 25.3 Å². The van der Waals surface area contributed by atoms with Crippen LogP contribution in [0.2, 0.25) is 0 Å². The van der Waals surface area contributed by atoms with Gasteiger partial charge in [0, 0.05) is 19.3 Å². The molecular formula is C15H21FN2O2. The highest BCUT2D eigenvalue weighted by molar-refractivity contribution is 5.81. The number of hydrogen-bond acceptors (Lipinski definition) is 3. The van der Waals surface area contributed by atoms with E-state index in [1.165, 1.54) is 12.1 Å². The van der Waals surface area contributed by atoms with Crippen molar-refractivity contribution in [2.24, 2.45) is 5.92 Å². The molecule has 5 heteroatoms. The SMILES string of the molecule is CCNC(CN(C)c1cccc(F)c1)(C(=O)O)C1CC1. The third kappa shape index (κ3) is 2.93. The Balaban J connectivity index is 2.21. The fraction of sp³-hybridized carbons (Fsp3) is 0.533. The lowest BCUT2D eigenvalue weighted by Gasteiger charge is -2.35. The number of aliphatic carboxylic acids is 1. The van der Waals surface area contributed by atoms with Crippen molar-refractivity contribution in [3.63, 3.8) is 0 Å². The van der Waals surface area contributed by atoms with Gasteiger partial charge in [-0.25, -0.2) is 4.39 Å². The number of rotatable bonds is 7. The van der Waals surface area contributed by atoms with Gasteiger partial charge in [0.15, 0.2) is 0 Å². The van der Waals surface area contributed by atoms with Gasteiger partial charge in [-0.1, -0.05) is 13.0 Å². The van der Waals surface area contributed by atoms with Crippen LogP contribution < -0.4 is 10.2 Å². The maximum atomic E-state index is 13.3. The summed E-state index contributed by atoms with van der Waals surface area (Å²) in [5.41, 5.74) is -0.260. The molecule has 1 unspecified atom stereocenters. The molecule has 0 aliphatic heterocycles. The highest BCUT2D eigenvalue weighted by Gasteiger charge is 2.51. The quantitative estimate of drug-likeness (QED) is 0.803. The molecule has 0 heterocycles. The average molecular weight is 280 g/mol. The summed E-state index contributed by atoms with van der Waals surface area (Å²) in [6, 6.07) is 6.22. The van der Waals surface area contributed by atoms with Crippen molar-refractivity contribution in [1.82, 2.24) is 5.32 Å². The van der Waals surface area contributed by atoms with Crippen LogP contribution in [0.4, 0.5) is 10.1 Å². The molecule has 0 amide bonds. The molecule has 2 N–H and O–H groups in total. The number of carboxylic acid groups (broad SMARTS) is 1. The van der Waals surface area contributed by atoms with Gasteiger partial charge in [-0.3, -0.25) is 4.79 Å². The van der Waals surface area contributed by atoms with Crippen LogP contribution in [-0.2, 0) is 4.79 Å². The Hall–Kier alpha value is -1.62. The van der Waals surface area contributed by atoms with E-state index in [-0.39, 0.29) is 11.7 Å². The molecule has 4 nitrogen and oxygen atoms in total. The minimum atomic E-state index is -0.949. The van der Waals surface area contributed by atoms with Crippen LogP contribution in [0.1, 0.15) is 19.8 Å². The molecule has 0 bridgehead atoms. The maximum absolute atomic E-state index is 13.3. The third-order valence-electron chi connectivity index (χ3n) is 3.88. The molecule has 1 aromatic rings. The van der Waals surface area contributed by atoms with Gasteiger partial charge in [0.1, 0.15) is 11.4 Å². The Morgan fingerprint density at radius 3 is 2.75 bits per heavy atom. The molecule has 0 saturated heterocycles. The number of nitrogens with one attached hydrogen (secondary N) is 1. The first-order valence-electron chi connectivity index (χ1n) is 6.94. The third-order valence-corrected chi connectivity index (χ3v) is 3.88. The van der Waals surface area contributed by atoms with Gasteiger partial charge < -0.3 is 15.3 Å². The van der Waals surface area contributed by atoms with Crippen LogP contribution in [0.15, 0.2) is 24.3 Å². The molecule has 1 fully saturated rings. The van der Waals surface area contributed by atoms with Crippen molar-refractivity contribution < 1.29 is 14.3 Å². The lowest BCUT2D eigenvalue weighted by atomic mass is 9.92. The van der Waals surface area contributed by atoms with Crippen molar-refractivity contribution in [3.8, 4) is 0 Å². The number of carboxylic acids is 1. The molecule has 1 aliphatic carbocycles. The zero-order valence-corrected chi connectivity index (χ0v) is 11.9. The topological polar surface area (TPSA) is 52.6 Å². The summed E-state index contributed by atoms with van der Waals surface area (Å²) in [6.45, 7) is 2.83. The molecule has 0 aromatic heterocycles. The zero-order valence-electron chi connectivity index (χ0n) is 11.9. The normalized spacial score (nSPS) is 17.6. The first-order valence-corrected chi connectivity index (χ1v) is 6.94. The van der Waals surface area contributed by atoms with Crippen molar-refractivity contribution >= 4 is 11.7 Å². The molecule has 110 valence electrons. The van der Waals surface area contributed by atoms with E-state index < -0.39 is 11.5 Å². The van der Waals surface area contributed by atoms with E-state index in [1.807, 2.05) is 6.92 Å². The van der Waals surface area contributed by atoms with E-state index in [4.69, 9.17) is 0 Å². The van der Waals surface area contributed by atoms with E-state index in [9.17, 15) is 14.3 Å². The van der Waals surface area contributed by atoms with Crippen molar-refractivity contribution in [2.75, 3.05) is 25.0 Å². The molecule has 20 heavy (non-hydrogen) atoms. The van der Waals surface area contributed by atoms with Gasteiger partial charge in [-0.15, -0.1) is 0 Å². The predicted molar refractivity (Wildman–Crippen MR) is 76.4 cm³/mol. The van der Waals surface area contributed by atoms with Gasteiger partial charge in [0.05, 0.1) is 0 Å². The van der Waals surface area contributed by atoms with Crippen LogP contribution in [0.5, 0.6) is 0 Å². The average Bonchev–Trinajstić information content (AvgIpc) is 3.22. The lowest BCUT2D eigenvalue weighted by molar-refractivity contribution is -0.145. The van der Waals surface area contributed by atoms with E-state index in [0.717, 1.165) is 12.8 Å². The molecule has 2 rings (SSSR count). The minimum absolute atomic E-state index is 0.149. The molecule has 1 aliphatic rings. The van der Waals surface area contributed by atoms with Crippen LogP contribution in [0.25, 0.3) is 0 Å². The Labute approximate surface area is 118 Å². The van der Waals surface area contributed by atoms with E-state index in [2.05, 4.69) is 5.32 Å². The highest BCUT2D eigenvalue weighted by atomic mass is 19.1. The van der Waals surface area contributed by atoms with Gasteiger partial charge in [0.25, 0.3) is 0 Å². The second-order valence-electron chi connectivity index (χ2n) is 5.42. The van der Waals surface area contributed by atoms with Crippen LogP contribution in [0.3, 0.4) is 0 Å². The Morgan fingerprint density at radius 2 is 2.25 bits per heavy atom. The minimum Gasteiger partial charge on any atom is -0.480 e. The Bertz CT molecular complexity index is 491. The Kier molecular flexibility index (Phi) is 4.28. The number of benzene rings is 1. The first kappa shape index (κ1) is 14.8. The fourth-order valence-electron chi connectivity index (χ4n) is 2.72. The maximum Gasteiger partial charge on any atom is 0.326 e. The largest absolute Gasteiger partial charge is 0.480 e. The fourth-order valence-corrected chi connectivity index (χ4v) is 2.72. The molecule has 1 atom stereocenters. The van der Waals surface area contributed by atoms with Crippen molar-refractivity contribution in [3.05, 3.63) is 30.1 Å². The number of nitrogens with zero attached hydrogens (tertiary/aromatic N) is 1. The first-order chi connectivity index (χ1) is 9.49. The summed E-state index contributed by atoms with van der Waals surface area (Å²) in [5.74, 6) is -0.994. The highest BCUT2D eigenvalue weighted by Crippen LogP contribution is 2.40. The molecular weight excluding hydrogens is 259 g/mol. The summed E-state index contributed by atoms with van der Waals surface area (Å²) in [7, 11) is 1.80. The lowest BCUT2D eigenvalue weighted by Crippen LogP contribution is -2.60. The second-order valence-corrected chi connectivity index (χ2v) is 5.42. The monoisotopic (exact) mass is 280 g/mol. The number of halogens is 1. The summed E-state index contributed by atoms with van der Waals surface area (Å²) in [6.07, 6.45) is 1.85. The van der Waals surface area contributed by atoms with Gasteiger partial charge in [-0.2, -0.15) is 0 Å². The van der Waals surface area contributed by atoms with E-state index in [1.54, 1.807) is 24.1 Å². The van der Waals surface area contributed by atoms with E-state index in [0.29, 0.717) is 18.8 Å². The number of hydrogen-bond donors (Lipinski definition) is 2. The van der Waals surface area contributed by atoms with Gasteiger partial charge in [-0.05, 0) is 43.5 Å². The van der Waals surface area contributed by atoms with Crippen LogP contribution >= 0.6 is 0 Å². The summed E-state index contributed by atoms with van der Waals surface area (Å²) in [5, 5.41) is 12.8. The van der Waals surface area contributed by atoms with Gasteiger partial charge in [0.2, 0.25) is 0 Å². The zero-order chi connectivity index (χ0) is 14.8. The molecule has 0 radical (unpaired) electrons. The number of likely N-dealkylation sites (N-methyl/N-ethyl adjacent to an activating group) is 2. The Morgan fingerprint density at radius 1 is 1.55 bits per heavy atom. The predicted octanol–water partition coefficient (Wildman–Crippen LogP) is 2.10. The second kappa shape index (κ2) is 5.79. The van der Waals surface area contributed by atoms with Crippen LogP contribution in [-0.4, -0.2) is 36.8 Å². The van der Waals surface area contributed by atoms with E-state index >= 15 is 0 Å². The number of carbonyl (C=O) groups is 1. The summed E-state index contributed by atoms with van der Waals surface area (Å²) < 4.78 is 13.3. The molecule has 1 saturated carbocycles. The standard InChI is InChI=1S/C15H21FN2O2/c1-3-17-15(14(19)20,11-7-8-11)10-18(2)13-6-4-5-12(16)9-13/h4-6,9,11,17H,3,7-8,10H2,1-2H3,(H,19,20).